The van der Waals surface area contributed by atoms with Crippen molar-refractivity contribution in [1.82, 2.24) is 0 Å². The van der Waals surface area contributed by atoms with Gasteiger partial charge in [0.1, 0.15) is 5.75 Å². The summed E-state index contributed by atoms with van der Waals surface area (Å²) in [5, 5.41) is 5.60. The van der Waals surface area contributed by atoms with Gasteiger partial charge in [0.2, 0.25) is 5.91 Å². The summed E-state index contributed by atoms with van der Waals surface area (Å²) in [7, 11) is 0. The Kier molecular flexibility index (Phi) is 7.01. The molecule has 25 heavy (non-hydrogen) atoms. The van der Waals surface area contributed by atoms with Gasteiger partial charge in [-0.3, -0.25) is 9.59 Å². The molecule has 0 bridgehead atoms. The third-order valence-corrected chi connectivity index (χ3v) is 3.55. The highest BCUT2D eigenvalue weighted by Crippen LogP contribution is 2.16. The highest BCUT2D eigenvalue weighted by atomic mass is 16.5. The zero-order valence-corrected chi connectivity index (χ0v) is 14.7. The van der Waals surface area contributed by atoms with E-state index in [0.29, 0.717) is 23.5 Å². The van der Waals surface area contributed by atoms with Gasteiger partial charge in [-0.05, 0) is 49.2 Å². The predicted molar refractivity (Wildman–Crippen MR) is 99.9 cm³/mol. The average Bonchev–Trinajstić information content (AvgIpc) is 2.58. The number of hydrogen-bond donors (Lipinski definition) is 2. The van der Waals surface area contributed by atoms with Gasteiger partial charge in [0.05, 0.1) is 0 Å². The van der Waals surface area contributed by atoms with E-state index >= 15 is 0 Å². The molecule has 2 rings (SSSR count). The fraction of sp³-hybridized carbons (Fsp3) is 0.300. The van der Waals surface area contributed by atoms with Crippen LogP contribution in [0.5, 0.6) is 5.75 Å². The number of anilines is 2. The first-order valence-electron chi connectivity index (χ1n) is 8.46. The fourth-order valence-electron chi connectivity index (χ4n) is 2.29. The van der Waals surface area contributed by atoms with Crippen LogP contribution in [-0.4, -0.2) is 18.4 Å². The molecule has 2 aromatic carbocycles. The van der Waals surface area contributed by atoms with E-state index in [1.807, 2.05) is 38.1 Å². The molecule has 0 aliphatic rings. The second-order valence-electron chi connectivity index (χ2n) is 5.89. The Hall–Kier alpha value is -2.82. The molecular weight excluding hydrogens is 316 g/mol. The molecule has 5 heteroatoms. The lowest BCUT2D eigenvalue weighted by Gasteiger charge is -2.10. The number of amides is 2. The van der Waals surface area contributed by atoms with Crippen LogP contribution in [0, 0.1) is 6.92 Å². The summed E-state index contributed by atoms with van der Waals surface area (Å²) in [6, 6.07) is 14.6. The molecule has 0 radical (unpaired) electrons. The molecule has 0 aromatic heterocycles. The molecule has 0 spiro atoms. The van der Waals surface area contributed by atoms with Crippen molar-refractivity contribution >= 4 is 23.2 Å². The summed E-state index contributed by atoms with van der Waals surface area (Å²) in [6.45, 7) is 3.94. The number of rotatable bonds is 8. The molecular formula is C20H24N2O3. The van der Waals surface area contributed by atoms with E-state index in [4.69, 9.17) is 4.74 Å². The molecule has 0 unspecified atom stereocenters. The van der Waals surface area contributed by atoms with E-state index in [2.05, 4.69) is 10.6 Å². The van der Waals surface area contributed by atoms with Crippen molar-refractivity contribution < 1.29 is 14.3 Å². The van der Waals surface area contributed by atoms with Gasteiger partial charge in [0, 0.05) is 17.8 Å². The number of hydrogen-bond acceptors (Lipinski definition) is 3. The normalized spacial score (nSPS) is 10.2. The lowest BCUT2D eigenvalue weighted by atomic mass is 10.2. The molecule has 0 atom stereocenters. The Labute approximate surface area is 148 Å². The number of benzene rings is 2. The van der Waals surface area contributed by atoms with Crippen LogP contribution in [0.1, 0.15) is 31.7 Å². The summed E-state index contributed by atoms with van der Waals surface area (Å²) in [5.41, 5.74) is 2.36. The average molecular weight is 340 g/mol. The number of carbonyl (C=O) groups excluding carboxylic acids is 2. The van der Waals surface area contributed by atoms with Gasteiger partial charge in [-0.1, -0.05) is 31.5 Å². The minimum Gasteiger partial charge on any atom is -0.484 e. The van der Waals surface area contributed by atoms with Gasteiger partial charge in [0.15, 0.2) is 6.61 Å². The van der Waals surface area contributed by atoms with Gasteiger partial charge >= 0.3 is 0 Å². The van der Waals surface area contributed by atoms with Crippen molar-refractivity contribution in [3.63, 3.8) is 0 Å². The Balaban J connectivity index is 1.86. The van der Waals surface area contributed by atoms with Crippen molar-refractivity contribution in [2.75, 3.05) is 17.2 Å². The van der Waals surface area contributed by atoms with E-state index in [9.17, 15) is 9.59 Å². The number of carbonyl (C=O) groups is 2. The molecule has 2 N–H and O–H groups in total. The minimum atomic E-state index is -0.254. The summed E-state index contributed by atoms with van der Waals surface area (Å²) in [4.78, 5) is 23.8. The highest BCUT2D eigenvalue weighted by molar-refractivity contribution is 5.94. The van der Waals surface area contributed by atoms with Crippen molar-refractivity contribution in [1.29, 1.82) is 0 Å². The van der Waals surface area contributed by atoms with E-state index < -0.39 is 0 Å². The maximum atomic E-state index is 12.0. The third kappa shape index (κ3) is 6.67. The monoisotopic (exact) mass is 340 g/mol. The second-order valence-corrected chi connectivity index (χ2v) is 5.89. The lowest BCUT2D eigenvalue weighted by Crippen LogP contribution is -2.20. The van der Waals surface area contributed by atoms with Crippen molar-refractivity contribution in [3.8, 4) is 5.75 Å². The SMILES string of the molecule is CCCCC(=O)Nc1cccc(NC(=O)COc2cccc(C)c2)c1. The topological polar surface area (TPSA) is 67.4 Å². The summed E-state index contributed by atoms with van der Waals surface area (Å²) < 4.78 is 5.48. The van der Waals surface area contributed by atoms with Crippen LogP contribution in [0.25, 0.3) is 0 Å². The molecule has 0 fully saturated rings. The molecule has 0 heterocycles. The van der Waals surface area contributed by atoms with E-state index in [0.717, 1.165) is 18.4 Å². The third-order valence-electron chi connectivity index (χ3n) is 3.55. The molecule has 0 aliphatic carbocycles. The van der Waals surface area contributed by atoms with Crippen molar-refractivity contribution in [2.24, 2.45) is 0 Å². The van der Waals surface area contributed by atoms with Gasteiger partial charge < -0.3 is 15.4 Å². The Morgan fingerprint density at radius 1 is 0.960 bits per heavy atom. The number of nitrogens with one attached hydrogen (secondary N) is 2. The van der Waals surface area contributed by atoms with Crippen LogP contribution in [0.2, 0.25) is 0 Å². The van der Waals surface area contributed by atoms with Crippen LogP contribution in [-0.2, 0) is 9.59 Å². The lowest BCUT2D eigenvalue weighted by molar-refractivity contribution is -0.118. The molecule has 0 saturated heterocycles. The van der Waals surface area contributed by atoms with Crippen LogP contribution in [0.4, 0.5) is 11.4 Å². The van der Waals surface area contributed by atoms with Crippen LogP contribution in [0.3, 0.4) is 0 Å². The maximum Gasteiger partial charge on any atom is 0.262 e. The number of ether oxygens (including phenoxy) is 1. The van der Waals surface area contributed by atoms with Crippen LogP contribution < -0.4 is 15.4 Å². The van der Waals surface area contributed by atoms with E-state index in [-0.39, 0.29) is 18.4 Å². The van der Waals surface area contributed by atoms with E-state index in [1.165, 1.54) is 0 Å². The molecule has 2 amide bonds. The van der Waals surface area contributed by atoms with Crippen molar-refractivity contribution in [2.45, 2.75) is 33.1 Å². The molecule has 132 valence electrons. The van der Waals surface area contributed by atoms with Gasteiger partial charge in [-0.15, -0.1) is 0 Å². The maximum absolute atomic E-state index is 12.0. The summed E-state index contributed by atoms with van der Waals surface area (Å²) >= 11 is 0. The predicted octanol–water partition coefficient (Wildman–Crippen LogP) is 4.14. The van der Waals surface area contributed by atoms with Gasteiger partial charge in [-0.2, -0.15) is 0 Å². The largest absolute Gasteiger partial charge is 0.484 e. The zero-order chi connectivity index (χ0) is 18.1. The fourth-order valence-corrected chi connectivity index (χ4v) is 2.29. The van der Waals surface area contributed by atoms with Crippen molar-refractivity contribution in [3.05, 3.63) is 54.1 Å². The highest BCUT2D eigenvalue weighted by Gasteiger charge is 2.06. The first-order chi connectivity index (χ1) is 12.1. The second kappa shape index (κ2) is 9.47. The summed E-state index contributed by atoms with van der Waals surface area (Å²) in [5.74, 6) is 0.385. The van der Waals surface area contributed by atoms with Gasteiger partial charge in [-0.25, -0.2) is 0 Å². The Morgan fingerprint density at radius 3 is 2.32 bits per heavy atom. The standard InChI is InChI=1S/C20H24N2O3/c1-3-4-11-19(23)21-16-8-6-9-17(13-16)22-20(24)14-25-18-10-5-7-15(2)12-18/h5-10,12-13H,3-4,11,14H2,1-2H3,(H,21,23)(H,22,24). The quantitative estimate of drug-likeness (QED) is 0.759. The minimum absolute atomic E-state index is 0.0203. The number of aryl methyl sites for hydroxylation is 1. The van der Waals surface area contributed by atoms with Crippen LogP contribution >= 0.6 is 0 Å². The Morgan fingerprint density at radius 2 is 1.64 bits per heavy atom. The first kappa shape index (κ1) is 18.5. The van der Waals surface area contributed by atoms with E-state index in [1.54, 1.807) is 24.3 Å². The summed E-state index contributed by atoms with van der Waals surface area (Å²) in [6.07, 6.45) is 2.33. The Bertz CT molecular complexity index is 728. The zero-order valence-electron chi connectivity index (χ0n) is 14.7. The first-order valence-corrected chi connectivity index (χ1v) is 8.46. The smallest absolute Gasteiger partial charge is 0.262 e. The van der Waals surface area contributed by atoms with Gasteiger partial charge in [0.25, 0.3) is 5.91 Å². The molecule has 0 saturated carbocycles. The van der Waals surface area contributed by atoms with Crippen LogP contribution in [0.15, 0.2) is 48.5 Å². The molecule has 2 aromatic rings. The molecule has 0 aliphatic heterocycles. The molecule has 5 nitrogen and oxygen atoms in total. The number of unbranched alkanes of at least 4 members (excludes halogenated alkanes) is 1.